The molecule has 2 aromatic carbocycles. The maximum atomic E-state index is 11.0. The van der Waals surface area contributed by atoms with Crippen molar-refractivity contribution in [3.05, 3.63) is 56.4 Å². The first-order chi connectivity index (χ1) is 11.5. The van der Waals surface area contributed by atoms with Crippen molar-refractivity contribution in [2.45, 2.75) is 6.54 Å². The Hall–Kier alpha value is -1.95. The topological polar surface area (TPSA) is 63.8 Å². The van der Waals surface area contributed by atoms with Gasteiger partial charge in [0.2, 0.25) is 5.88 Å². The van der Waals surface area contributed by atoms with E-state index in [2.05, 4.69) is 5.18 Å². The minimum atomic E-state index is -0.274. The second-order valence-corrected chi connectivity index (χ2v) is 6.20. The highest BCUT2D eigenvalue weighted by Gasteiger charge is 2.21. The van der Waals surface area contributed by atoms with Gasteiger partial charge in [0.05, 0.1) is 22.1 Å². The van der Waals surface area contributed by atoms with Crippen molar-refractivity contribution in [1.82, 2.24) is 4.57 Å². The van der Waals surface area contributed by atoms with Crippen LogP contribution in [0.2, 0.25) is 15.1 Å². The van der Waals surface area contributed by atoms with Crippen LogP contribution in [-0.2, 0) is 6.54 Å². The summed E-state index contributed by atoms with van der Waals surface area (Å²) in [5.74, 6) is 0.358. The third-order valence-corrected chi connectivity index (χ3v) is 4.60. The second kappa shape index (κ2) is 6.89. The Labute approximate surface area is 152 Å². The molecule has 0 amide bonds. The Bertz CT molecular complexity index is 907. The minimum absolute atomic E-state index is 0.0740. The van der Waals surface area contributed by atoms with Gasteiger partial charge in [-0.05, 0) is 41.6 Å². The summed E-state index contributed by atoms with van der Waals surface area (Å²) in [7, 11) is 0. The van der Waals surface area contributed by atoms with Crippen LogP contribution in [0.4, 0.5) is 5.69 Å². The number of halogens is 3. The summed E-state index contributed by atoms with van der Waals surface area (Å²) in [6, 6.07) is 10.0. The molecule has 0 unspecified atom stereocenters. The van der Waals surface area contributed by atoms with Gasteiger partial charge in [-0.25, -0.2) is 0 Å². The first-order valence-corrected chi connectivity index (χ1v) is 8.07. The van der Waals surface area contributed by atoms with Crippen molar-refractivity contribution in [2.24, 2.45) is 5.18 Å². The summed E-state index contributed by atoms with van der Waals surface area (Å²) < 4.78 is 7.06. The van der Waals surface area contributed by atoms with Gasteiger partial charge in [-0.15, -0.1) is 4.91 Å². The molecular formula is C16H11Cl3N2O3. The number of ether oxygens (including phenoxy) is 1. The summed E-state index contributed by atoms with van der Waals surface area (Å²) in [4.78, 5) is 11.0. The highest BCUT2D eigenvalue weighted by Crippen LogP contribution is 2.43. The Kier molecular flexibility index (Phi) is 4.85. The average Bonchev–Trinajstić information content (AvgIpc) is 2.85. The number of nitroso groups, excluding NO2 is 1. The zero-order chi connectivity index (χ0) is 17.3. The van der Waals surface area contributed by atoms with Gasteiger partial charge in [-0.2, -0.15) is 0 Å². The van der Waals surface area contributed by atoms with Crippen LogP contribution < -0.4 is 4.74 Å². The fourth-order valence-corrected chi connectivity index (χ4v) is 2.99. The molecule has 3 aromatic rings. The van der Waals surface area contributed by atoms with Gasteiger partial charge in [-0.3, -0.25) is 0 Å². The molecule has 0 aliphatic heterocycles. The molecule has 0 bridgehead atoms. The number of nitrogens with zero attached hydrogens (tertiary/aromatic N) is 2. The molecule has 5 nitrogen and oxygen atoms in total. The van der Waals surface area contributed by atoms with Crippen molar-refractivity contribution in [1.29, 1.82) is 0 Å². The number of fused-ring (bicyclic) bond motifs is 1. The molecule has 24 heavy (non-hydrogen) atoms. The van der Waals surface area contributed by atoms with E-state index in [0.29, 0.717) is 26.7 Å². The highest BCUT2D eigenvalue weighted by atomic mass is 35.5. The fraction of sp³-hybridized carbons (Fsp3) is 0.125. The maximum Gasteiger partial charge on any atom is 0.222 e. The van der Waals surface area contributed by atoms with E-state index < -0.39 is 0 Å². The molecule has 1 N–H and O–H groups in total. The molecule has 0 saturated carbocycles. The molecule has 1 aromatic heterocycles. The number of benzene rings is 2. The molecular weight excluding hydrogens is 375 g/mol. The Balaban J connectivity index is 1.91. The molecule has 0 saturated heterocycles. The predicted molar refractivity (Wildman–Crippen MR) is 96.0 cm³/mol. The van der Waals surface area contributed by atoms with Crippen molar-refractivity contribution >= 4 is 51.4 Å². The quantitative estimate of drug-likeness (QED) is 0.566. The van der Waals surface area contributed by atoms with Crippen LogP contribution in [0.3, 0.4) is 0 Å². The lowest BCUT2D eigenvalue weighted by atomic mass is 10.2. The first kappa shape index (κ1) is 16.9. The molecule has 0 aliphatic carbocycles. The number of rotatable bonds is 5. The van der Waals surface area contributed by atoms with E-state index in [4.69, 9.17) is 39.5 Å². The summed E-state index contributed by atoms with van der Waals surface area (Å²) in [5.41, 5.74) is 0.367. The number of aromatic nitrogens is 1. The van der Waals surface area contributed by atoms with E-state index in [1.54, 1.807) is 36.4 Å². The smallest absolute Gasteiger partial charge is 0.222 e. The van der Waals surface area contributed by atoms with Crippen molar-refractivity contribution in [3.8, 4) is 11.6 Å². The maximum absolute atomic E-state index is 11.0. The lowest BCUT2D eigenvalue weighted by molar-refractivity contribution is 0.290. The fourth-order valence-electron chi connectivity index (χ4n) is 2.44. The van der Waals surface area contributed by atoms with Gasteiger partial charge >= 0.3 is 0 Å². The summed E-state index contributed by atoms with van der Waals surface area (Å²) in [6.07, 6.45) is 0. The van der Waals surface area contributed by atoms with Crippen LogP contribution in [0.5, 0.6) is 11.6 Å². The van der Waals surface area contributed by atoms with Gasteiger partial charge < -0.3 is 14.4 Å². The first-order valence-electron chi connectivity index (χ1n) is 6.94. The minimum Gasteiger partial charge on any atom is -0.493 e. The molecule has 0 fully saturated rings. The summed E-state index contributed by atoms with van der Waals surface area (Å²) >= 11 is 18.1. The van der Waals surface area contributed by atoms with Gasteiger partial charge in [0.1, 0.15) is 12.4 Å². The zero-order valence-corrected chi connectivity index (χ0v) is 14.4. The highest BCUT2D eigenvalue weighted by molar-refractivity contribution is 6.45. The van der Waals surface area contributed by atoms with Crippen LogP contribution in [0, 0.1) is 4.91 Å². The number of hydrogen-bond donors (Lipinski definition) is 1. The molecule has 3 rings (SSSR count). The second-order valence-electron chi connectivity index (χ2n) is 4.98. The van der Waals surface area contributed by atoms with Crippen molar-refractivity contribution in [2.75, 3.05) is 6.61 Å². The Morgan fingerprint density at radius 2 is 1.79 bits per heavy atom. The SMILES string of the molecule is O=Nc1c(O)n(CCOc2ccc(Cl)cc2)c2c(Cl)c(Cl)ccc12. The van der Waals surface area contributed by atoms with E-state index in [1.165, 1.54) is 4.57 Å². The van der Waals surface area contributed by atoms with Gasteiger partial charge in [0, 0.05) is 10.4 Å². The van der Waals surface area contributed by atoms with Crippen LogP contribution in [0.25, 0.3) is 10.9 Å². The van der Waals surface area contributed by atoms with Crippen molar-refractivity contribution in [3.63, 3.8) is 0 Å². The zero-order valence-electron chi connectivity index (χ0n) is 12.2. The molecule has 0 aliphatic rings. The predicted octanol–water partition coefficient (Wildman–Crippen LogP) is 5.78. The van der Waals surface area contributed by atoms with E-state index in [9.17, 15) is 10.0 Å². The molecule has 1 heterocycles. The Morgan fingerprint density at radius 1 is 1.08 bits per heavy atom. The third kappa shape index (κ3) is 3.02. The van der Waals surface area contributed by atoms with Gasteiger partial charge in [-0.1, -0.05) is 34.8 Å². The molecule has 0 atom stereocenters. The number of hydrogen-bond acceptors (Lipinski definition) is 4. The van der Waals surface area contributed by atoms with Gasteiger partial charge in [0.25, 0.3) is 0 Å². The molecule has 124 valence electrons. The normalized spacial score (nSPS) is 11.0. The molecule has 8 heteroatoms. The van der Waals surface area contributed by atoms with Crippen LogP contribution in [0.15, 0.2) is 41.6 Å². The lowest BCUT2D eigenvalue weighted by Gasteiger charge is -2.10. The van der Waals surface area contributed by atoms with E-state index in [-0.39, 0.29) is 29.7 Å². The monoisotopic (exact) mass is 384 g/mol. The Morgan fingerprint density at radius 3 is 2.46 bits per heavy atom. The van der Waals surface area contributed by atoms with E-state index in [1.807, 2.05) is 0 Å². The summed E-state index contributed by atoms with van der Waals surface area (Å²) in [6.45, 7) is 0.487. The number of aromatic hydroxyl groups is 1. The van der Waals surface area contributed by atoms with E-state index in [0.717, 1.165) is 0 Å². The van der Waals surface area contributed by atoms with Crippen LogP contribution in [0.1, 0.15) is 0 Å². The lowest BCUT2D eigenvalue weighted by Crippen LogP contribution is -2.08. The summed E-state index contributed by atoms with van der Waals surface area (Å²) in [5, 5.41) is 14.7. The third-order valence-electron chi connectivity index (χ3n) is 3.55. The molecule has 0 radical (unpaired) electrons. The van der Waals surface area contributed by atoms with Gasteiger partial charge in [0.15, 0.2) is 5.69 Å². The van der Waals surface area contributed by atoms with Crippen molar-refractivity contribution < 1.29 is 9.84 Å². The standard InChI is InChI=1S/C16H11Cl3N2O3/c17-9-1-3-10(4-2-9)24-8-7-21-15-11(14(20-23)16(21)22)5-6-12(18)13(15)19/h1-6,22H,7-8H2. The van der Waals surface area contributed by atoms with E-state index >= 15 is 0 Å². The van der Waals surface area contributed by atoms with Crippen LogP contribution in [-0.4, -0.2) is 16.3 Å². The largest absolute Gasteiger partial charge is 0.493 e. The van der Waals surface area contributed by atoms with Crippen LogP contribution >= 0.6 is 34.8 Å². The average molecular weight is 386 g/mol. The molecule has 0 spiro atoms.